The fourth-order valence-corrected chi connectivity index (χ4v) is 2.35. The second-order valence-corrected chi connectivity index (χ2v) is 5.23. The molecule has 1 atom stereocenters. The van der Waals surface area contributed by atoms with E-state index < -0.39 is 29.8 Å². The number of alkyl halides is 3. The standard InChI is InChI=1S/C15H11F4N3O2/c1-8-7-22(11-4-2-3-10(16)12(11)24-8)13(23)9-5-20-14(21-6-9)15(17,18)19/h2-6,8H,7H2,1H3. The number of nitrogens with zero attached hydrogens (tertiary/aromatic N) is 3. The van der Waals surface area contributed by atoms with Gasteiger partial charge in [-0.2, -0.15) is 13.2 Å². The van der Waals surface area contributed by atoms with Gasteiger partial charge in [-0.05, 0) is 19.1 Å². The Morgan fingerprint density at radius 2 is 1.96 bits per heavy atom. The summed E-state index contributed by atoms with van der Waals surface area (Å²) in [5, 5.41) is 0. The van der Waals surface area contributed by atoms with Crippen LogP contribution in [0.15, 0.2) is 30.6 Å². The van der Waals surface area contributed by atoms with Crippen molar-refractivity contribution >= 4 is 11.6 Å². The van der Waals surface area contributed by atoms with E-state index in [0.717, 1.165) is 12.4 Å². The molecule has 2 aromatic rings. The Morgan fingerprint density at radius 1 is 1.29 bits per heavy atom. The molecule has 1 unspecified atom stereocenters. The zero-order valence-electron chi connectivity index (χ0n) is 12.3. The molecule has 2 heterocycles. The molecule has 5 nitrogen and oxygen atoms in total. The number of anilines is 1. The molecule has 3 rings (SSSR count). The van der Waals surface area contributed by atoms with Crippen molar-refractivity contribution in [3.8, 4) is 5.75 Å². The van der Waals surface area contributed by atoms with Gasteiger partial charge in [-0.25, -0.2) is 14.4 Å². The molecule has 24 heavy (non-hydrogen) atoms. The van der Waals surface area contributed by atoms with Crippen LogP contribution in [0.3, 0.4) is 0 Å². The number of rotatable bonds is 1. The average molecular weight is 341 g/mol. The molecule has 1 aromatic carbocycles. The summed E-state index contributed by atoms with van der Waals surface area (Å²) in [7, 11) is 0. The molecular weight excluding hydrogens is 330 g/mol. The number of ether oxygens (including phenoxy) is 1. The normalized spacial score (nSPS) is 17.2. The minimum atomic E-state index is -4.69. The number of carbonyl (C=O) groups is 1. The van der Waals surface area contributed by atoms with Crippen molar-refractivity contribution in [3.05, 3.63) is 47.8 Å². The largest absolute Gasteiger partial charge is 0.484 e. The van der Waals surface area contributed by atoms with Crippen LogP contribution in [0.4, 0.5) is 23.2 Å². The van der Waals surface area contributed by atoms with Crippen molar-refractivity contribution < 1.29 is 27.1 Å². The lowest BCUT2D eigenvalue weighted by atomic mass is 10.1. The number of hydrogen-bond acceptors (Lipinski definition) is 4. The van der Waals surface area contributed by atoms with E-state index in [1.165, 1.54) is 23.1 Å². The van der Waals surface area contributed by atoms with Crippen molar-refractivity contribution in [1.82, 2.24) is 9.97 Å². The minimum Gasteiger partial charge on any atom is -0.484 e. The van der Waals surface area contributed by atoms with Crippen LogP contribution in [0.5, 0.6) is 5.75 Å². The summed E-state index contributed by atoms with van der Waals surface area (Å²) in [5.74, 6) is -2.66. The van der Waals surface area contributed by atoms with Gasteiger partial charge in [-0.1, -0.05) is 6.07 Å². The maximum Gasteiger partial charge on any atom is 0.451 e. The molecule has 1 aromatic heterocycles. The lowest BCUT2D eigenvalue weighted by molar-refractivity contribution is -0.145. The van der Waals surface area contributed by atoms with E-state index >= 15 is 0 Å². The van der Waals surface area contributed by atoms with Crippen LogP contribution in [0.25, 0.3) is 0 Å². The molecule has 0 saturated heterocycles. The quantitative estimate of drug-likeness (QED) is 0.748. The number of hydrogen-bond donors (Lipinski definition) is 0. The topological polar surface area (TPSA) is 55.3 Å². The third kappa shape index (κ3) is 2.89. The van der Waals surface area contributed by atoms with E-state index in [9.17, 15) is 22.4 Å². The van der Waals surface area contributed by atoms with Crippen molar-refractivity contribution in [1.29, 1.82) is 0 Å². The third-order valence-electron chi connectivity index (χ3n) is 3.39. The van der Waals surface area contributed by atoms with Crippen molar-refractivity contribution in [3.63, 3.8) is 0 Å². The lowest BCUT2D eigenvalue weighted by Gasteiger charge is -2.33. The number of amides is 1. The smallest absolute Gasteiger partial charge is 0.451 e. The Balaban J connectivity index is 1.95. The highest BCUT2D eigenvalue weighted by Gasteiger charge is 2.35. The highest BCUT2D eigenvalue weighted by Crippen LogP contribution is 2.36. The molecule has 0 bridgehead atoms. The predicted molar refractivity (Wildman–Crippen MR) is 75.2 cm³/mol. The average Bonchev–Trinajstić information content (AvgIpc) is 2.54. The molecule has 0 radical (unpaired) electrons. The number of aromatic nitrogens is 2. The van der Waals surface area contributed by atoms with Gasteiger partial charge < -0.3 is 9.64 Å². The number of carbonyl (C=O) groups excluding carboxylic acids is 1. The number of halogens is 4. The fourth-order valence-electron chi connectivity index (χ4n) is 2.35. The van der Waals surface area contributed by atoms with Crippen LogP contribution in [0, 0.1) is 5.82 Å². The van der Waals surface area contributed by atoms with E-state index in [1.54, 1.807) is 6.92 Å². The van der Waals surface area contributed by atoms with E-state index in [1.807, 2.05) is 0 Å². The first-order valence-corrected chi connectivity index (χ1v) is 6.93. The zero-order valence-corrected chi connectivity index (χ0v) is 12.3. The highest BCUT2D eigenvalue weighted by molar-refractivity contribution is 6.06. The number of para-hydroxylation sites is 1. The summed E-state index contributed by atoms with van der Waals surface area (Å²) in [6, 6.07) is 4.10. The molecule has 0 saturated carbocycles. The van der Waals surface area contributed by atoms with Crippen LogP contribution in [-0.2, 0) is 6.18 Å². The highest BCUT2D eigenvalue weighted by atomic mass is 19.4. The zero-order chi connectivity index (χ0) is 17.5. The number of fused-ring (bicyclic) bond motifs is 1. The molecule has 1 aliphatic heterocycles. The Bertz CT molecular complexity index is 777. The summed E-state index contributed by atoms with van der Waals surface area (Å²) in [6.07, 6.45) is -3.56. The summed E-state index contributed by atoms with van der Waals surface area (Å²) in [5.41, 5.74) is 0.0744. The molecule has 0 fully saturated rings. The van der Waals surface area contributed by atoms with Gasteiger partial charge >= 0.3 is 6.18 Å². The number of benzene rings is 1. The predicted octanol–water partition coefficient (Wildman–Crippen LogP) is 3.06. The van der Waals surface area contributed by atoms with Crippen molar-refractivity contribution in [2.24, 2.45) is 0 Å². The second-order valence-electron chi connectivity index (χ2n) is 5.23. The van der Waals surface area contributed by atoms with Crippen molar-refractivity contribution in [2.75, 3.05) is 11.4 Å². The van der Waals surface area contributed by atoms with Gasteiger partial charge in [-0.15, -0.1) is 0 Å². The van der Waals surface area contributed by atoms with Gasteiger partial charge in [0.05, 0.1) is 17.8 Å². The lowest BCUT2D eigenvalue weighted by Crippen LogP contribution is -2.42. The Morgan fingerprint density at radius 3 is 2.58 bits per heavy atom. The fraction of sp³-hybridized carbons (Fsp3) is 0.267. The Kier molecular flexibility index (Phi) is 3.86. The molecule has 0 spiro atoms. The van der Waals surface area contributed by atoms with E-state index in [4.69, 9.17) is 4.74 Å². The van der Waals surface area contributed by atoms with Gasteiger partial charge in [0.25, 0.3) is 5.91 Å². The van der Waals surface area contributed by atoms with Gasteiger partial charge in [-0.3, -0.25) is 4.79 Å². The first-order chi connectivity index (χ1) is 11.3. The van der Waals surface area contributed by atoms with Crippen LogP contribution in [-0.4, -0.2) is 28.5 Å². The summed E-state index contributed by atoms with van der Waals surface area (Å²) >= 11 is 0. The van der Waals surface area contributed by atoms with Crippen LogP contribution >= 0.6 is 0 Å². The molecule has 126 valence electrons. The Labute approximate surface area is 133 Å². The molecule has 0 N–H and O–H groups in total. The van der Waals surface area contributed by atoms with E-state index in [0.29, 0.717) is 0 Å². The molecule has 1 amide bonds. The SMILES string of the molecule is CC1CN(C(=O)c2cnc(C(F)(F)F)nc2)c2cccc(F)c2O1. The summed E-state index contributed by atoms with van der Waals surface area (Å²) in [6.45, 7) is 1.77. The maximum absolute atomic E-state index is 13.9. The van der Waals surface area contributed by atoms with Gasteiger partial charge in [0.2, 0.25) is 5.82 Å². The van der Waals surface area contributed by atoms with Crippen LogP contribution in [0.1, 0.15) is 23.1 Å². The van der Waals surface area contributed by atoms with E-state index in [2.05, 4.69) is 9.97 Å². The third-order valence-corrected chi connectivity index (χ3v) is 3.39. The second kappa shape index (κ2) is 5.73. The molecule has 9 heteroatoms. The van der Waals surface area contributed by atoms with Gasteiger partial charge in [0.15, 0.2) is 11.6 Å². The maximum atomic E-state index is 13.9. The summed E-state index contributed by atoms with van der Waals surface area (Å²) < 4.78 is 56.7. The summed E-state index contributed by atoms with van der Waals surface area (Å²) in [4.78, 5) is 20.1. The van der Waals surface area contributed by atoms with Crippen molar-refractivity contribution in [2.45, 2.75) is 19.2 Å². The Hall–Kier alpha value is -2.71. The molecule has 0 aliphatic carbocycles. The van der Waals surface area contributed by atoms with E-state index in [-0.39, 0.29) is 23.5 Å². The first kappa shape index (κ1) is 16.2. The van der Waals surface area contributed by atoms with Crippen LogP contribution in [0.2, 0.25) is 0 Å². The first-order valence-electron chi connectivity index (χ1n) is 6.93. The molecular formula is C15H11F4N3O2. The minimum absolute atomic E-state index is 0.0718. The van der Waals surface area contributed by atoms with Crippen LogP contribution < -0.4 is 9.64 Å². The molecule has 1 aliphatic rings. The van der Waals surface area contributed by atoms with Gasteiger partial charge in [0, 0.05) is 12.4 Å². The monoisotopic (exact) mass is 341 g/mol. The van der Waals surface area contributed by atoms with Gasteiger partial charge in [0.1, 0.15) is 6.10 Å².